The van der Waals surface area contributed by atoms with Gasteiger partial charge in [0.05, 0.1) is 15.7 Å². The van der Waals surface area contributed by atoms with E-state index in [9.17, 15) is 4.79 Å². The summed E-state index contributed by atoms with van der Waals surface area (Å²) in [7, 11) is 0. The summed E-state index contributed by atoms with van der Waals surface area (Å²) in [6.45, 7) is 1.95. The SMILES string of the molecule is CC(N)CCCC(=O)Nc1ccc2ncsc2c1. The predicted octanol–water partition coefficient (Wildman–Crippen LogP) is 2.75. The molecule has 0 aliphatic rings. The van der Waals surface area contributed by atoms with Crippen LogP contribution in [0.15, 0.2) is 23.7 Å². The lowest BCUT2D eigenvalue weighted by atomic mass is 10.1. The molecule has 0 spiro atoms. The van der Waals surface area contributed by atoms with E-state index >= 15 is 0 Å². The maximum absolute atomic E-state index is 11.7. The van der Waals surface area contributed by atoms with Gasteiger partial charge in [-0.05, 0) is 38.0 Å². The third kappa shape index (κ3) is 3.51. The summed E-state index contributed by atoms with van der Waals surface area (Å²) < 4.78 is 1.09. The first-order valence-electron chi connectivity index (χ1n) is 6.04. The lowest BCUT2D eigenvalue weighted by Crippen LogP contribution is -2.16. The normalized spacial score (nSPS) is 12.6. The molecule has 5 heteroatoms. The minimum atomic E-state index is 0.0412. The Morgan fingerprint density at radius 3 is 3.17 bits per heavy atom. The van der Waals surface area contributed by atoms with Gasteiger partial charge in [0.15, 0.2) is 0 Å². The second-order valence-corrected chi connectivity index (χ2v) is 5.34. The predicted molar refractivity (Wildman–Crippen MR) is 75.8 cm³/mol. The molecule has 0 saturated carbocycles. The Morgan fingerprint density at radius 1 is 1.56 bits per heavy atom. The molecular weight excluding hydrogens is 246 g/mol. The fourth-order valence-electron chi connectivity index (χ4n) is 1.74. The van der Waals surface area contributed by atoms with Crippen molar-refractivity contribution in [2.45, 2.75) is 32.2 Å². The minimum absolute atomic E-state index is 0.0412. The molecule has 4 nitrogen and oxygen atoms in total. The van der Waals surface area contributed by atoms with Crippen molar-refractivity contribution >= 4 is 33.1 Å². The number of rotatable bonds is 5. The van der Waals surface area contributed by atoms with E-state index < -0.39 is 0 Å². The van der Waals surface area contributed by atoms with Gasteiger partial charge in [-0.25, -0.2) is 4.98 Å². The summed E-state index contributed by atoms with van der Waals surface area (Å²) in [6.07, 6.45) is 2.22. The zero-order valence-corrected chi connectivity index (χ0v) is 11.2. The highest BCUT2D eigenvalue weighted by molar-refractivity contribution is 7.16. The molecule has 1 unspecified atom stereocenters. The van der Waals surface area contributed by atoms with Gasteiger partial charge in [0.2, 0.25) is 5.91 Å². The topological polar surface area (TPSA) is 68.0 Å². The Hall–Kier alpha value is -1.46. The second kappa shape index (κ2) is 5.93. The molecule has 18 heavy (non-hydrogen) atoms. The van der Waals surface area contributed by atoms with Gasteiger partial charge in [0.25, 0.3) is 0 Å². The first-order valence-corrected chi connectivity index (χ1v) is 6.92. The Morgan fingerprint density at radius 2 is 2.39 bits per heavy atom. The van der Waals surface area contributed by atoms with E-state index in [2.05, 4.69) is 10.3 Å². The average molecular weight is 263 g/mol. The Kier molecular flexibility index (Phi) is 4.28. The highest BCUT2D eigenvalue weighted by Crippen LogP contribution is 2.21. The van der Waals surface area contributed by atoms with Crippen molar-refractivity contribution < 1.29 is 4.79 Å². The first kappa shape index (κ1) is 13.0. The summed E-state index contributed by atoms with van der Waals surface area (Å²) >= 11 is 1.57. The van der Waals surface area contributed by atoms with Crippen molar-refractivity contribution in [1.29, 1.82) is 0 Å². The number of nitrogens with two attached hydrogens (primary N) is 1. The molecule has 0 saturated heterocycles. The average Bonchev–Trinajstić information content (AvgIpc) is 2.75. The Balaban J connectivity index is 1.90. The molecule has 1 heterocycles. The number of benzene rings is 1. The van der Waals surface area contributed by atoms with Crippen LogP contribution in [0.4, 0.5) is 5.69 Å². The van der Waals surface area contributed by atoms with Crippen molar-refractivity contribution in [2.75, 3.05) is 5.32 Å². The number of nitrogens with zero attached hydrogens (tertiary/aromatic N) is 1. The third-order valence-electron chi connectivity index (χ3n) is 2.68. The number of fused-ring (bicyclic) bond motifs is 1. The smallest absolute Gasteiger partial charge is 0.224 e. The van der Waals surface area contributed by atoms with Crippen LogP contribution in [-0.2, 0) is 4.79 Å². The van der Waals surface area contributed by atoms with Crippen molar-refractivity contribution in [3.63, 3.8) is 0 Å². The monoisotopic (exact) mass is 263 g/mol. The van der Waals surface area contributed by atoms with E-state index in [4.69, 9.17) is 5.73 Å². The quantitative estimate of drug-likeness (QED) is 0.871. The van der Waals surface area contributed by atoms with E-state index in [0.717, 1.165) is 28.7 Å². The number of nitrogens with one attached hydrogen (secondary N) is 1. The molecule has 0 aliphatic carbocycles. The van der Waals surface area contributed by atoms with Crippen molar-refractivity contribution in [1.82, 2.24) is 4.98 Å². The maximum atomic E-state index is 11.7. The van der Waals surface area contributed by atoms with E-state index in [1.54, 1.807) is 16.8 Å². The van der Waals surface area contributed by atoms with Crippen LogP contribution >= 0.6 is 11.3 Å². The zero-order chi connectivity index (χ0) is 13.0. The van der Waals surface area contributed by atoms with Crippen LogP contribution in [-0.4, -0.2) is 16.9 Å². The van der Waals surface area contributed by atoms with Crippen LogP contribution in [0.25, 0.3) is 10.2 Å². The fraction of sp³-hybridized carbons (Fsp3) is 0.385. The minimum Gasteiger partial charge on any atom is -0.328 e. The van der Waals surface area contributed by atoms with Crippen LogP contribution in [0.1, 0.15) is 26.2 Å². The number of anilines is 1. The van der Waals surface area contributed by atoms with E-state index in [0.29, 0.717) is 6.42 Å². The van der Waals surface area contributed by atoms with Crippen molar-refractivity contribution in [3.05, 3.63) is 23.7 Å². The van der Waals surface area contributed by atoms with Gasteiger partial charge >= 0.3 is 0 Å². The standard InChI is InChI=1S/C13H17N3OS/c1-9(14)3-2-4-13(17)16-10-5-6-11-12(7-10)18-8-15-11/h5-9H,2-4,14H2,1H3,(H,16,17). The summed E-state index contributed by atoms with van der Waals surface area (Å²) in [5, 5.41) is 2.90. The summed E-state index contributed by atoms with van der Waals surface area (Å²) in [5.41, 5.74) is 9.25. The van der Waals surface area contributed by atoms with Crippen LogP contribution < -0.4 is 11.1 Å². The Labute approximate surface area is 110 Å². The number of amides is 1. The molecule has 1 aromatic heterocycles. The third-order valence-corrected chi connectivity index (χ3v) is 3.47. The fourth-order valence-corrected chi connectivity index (χ4v) is 2.46. The van der Waals surface area contributed by atoms with E-state index in [1.165, 1.54) is 0 Å². The van der Waals surface area contributed by atoms with Crippen LogP contribution in [0.5, 0.6) is 0 Å². The number of hydrogen-bond acceptors (Lipinski definition) is 4. The van der Waals surface area contributed by atoms with Gasteiger partial charge in [-0.1, -0.05) is 0 Å². The largest absolute Gasteiger partial charge is 0.328 e. The van der Waals surface area contributed by atoms with Crippen molar-refractivity contribution in [2.24, 2.45) is 5.73 Å². The molecule has 0 radical (unpaired) electrons. The van der Waals surface area contributed by atoms with Crippen molar-refractivity contribution in [3.8, 4) is 0 Å². The van der Waals surface area contributed by atoms with Crippen LogP contribution in [0, 0.1) is 0 Å². The lowest BCUT2D eigenvalue weighted by molar-refractivity contribution is -0.116. The maximum Gasteiger partial charge on any atom is 0.224 e. The molecule has 1 atom stereocenters. The summed E-state index contributed by atoms with van der Waals surface area (Å²) in [5.74, 6) is 0.0412. The molecule has 2 aromatic rings. The van der Waals surface area contributed by atoms with E-state index in [-0.39, 0.29) is 11.9 Å². The first-order chi connectivity index (χ1) is 8.65. The van der Waals surface area contributed by atoms with Gasteiger partial charge in [0, 0.05) is 18.2 Å². The molecule has 3 N–H and O–H groups in total. The zero-order valence-electron chi connectivity index (χ0n) is 10.3. The number of aromatic nitrogens is 1. The van der Waals surface area contributed by atoms with Gasteiger partial charge in [-0.2, -0.15) is 0 Å². The molecule has 1 amide bonds. The molecule has 0 aliphatic heterocycles. The molecule has 2 rings (SSSR count). The van der Waals surface area contributed by atoms with Gasteiger partial charge in [-0.15, -0.1) is 11.3 Å². The van der Waals surface area contributed by atoms with Gasteiger partial charge in [-0.3, -0.25) is 4.79 Å². The highest BCUT2D eigenvalue weighted by Gasteiger charge is 2.05. The molecule has 96 valence electrons. The second-order valence-electron chi connectivity index (χ2n) is 4.45. The summed E-state index contributed by atoms with van der Waals surface area (Å²) in [4.78, 5) is 15.9. The Bertz CT molecular complexity index is 536. The molecular formula is C13H17N3OS. The van der Waals surface area contributed by atoms with Crippen LogP contribution in [0.3, 0.4) is 0 Å². The highest BCUT2D eigenvalue weighted by atomic mass is 32.1. The number of hydrogen-bond donors (Lipinski definition) is 2. The number of carbonyl (C=O) groups is 1. The van der Waals surface area contributed by atoms with Gasteiger partial charge < -0.3 is 11.1 Å². The number of thiazole rings is 1. The van der Waals surface area contributed by atoms with Gasteiger partial charge in [0.1, 0.15) is 0 Å². The van der Waals surface area contributed by atoms with E-state index in [1.807, 2.05) is 25.1 Å². The molecule has 0 fully saturated rings. The molecule has 1 aromatic carbocycles. The van der Waals surface area contributed by atoms with Crippen LogP contribution in [0.2, 0.25) is 0 Å². The lowest BCUT2D eigenvalue weighted by Gasteiger charge is -2.06. The number of carbonyl (C=O) groups excluding carboxylic acids is 1. The molecule has 0 bridgehead atoms. The summed E-state index contributed by atoms with van der Waals surface area (Å²) in [6, 6.07) is 5.91.